The van der Waals surface area contributed by atoms with Gasteiger partial charge in [0.2, 0.25) is 17.5 Å². The summed E-state index contributed by atoms with van der Waals surface area (Å²) in [5, 5.41) is 2.58. The molecule has 4 heterocycles. The van der Waals surface area contributed by atoms with E-state index in [2.05, 4.69) is 54.6 Å². The Morgan fingerprint density at radius 3 is 2.25 bits per heavy atom. The standard InChI is InChI=1S/C43H40ClN5O6/c1-42(2)40(43(3,4)41(42)55-28-10-13-33(45-5)32(44)22-28)48-23-26-20-25(8-11-29(26)37(48)52)7-6-24-16-18-47(19-17-24)27-9-12-30-31(21-27)39(54)49(38(30)53)34-14-15-35(50)46-36(34)51/h8-13,20-22,24,34,40-41H,14-19,23H2,1-4H3,(H,46,50,51). The van der Waals surface area contributed by atoms with Crippen LogP contribution in [0.3, 0.4) is 0 Å². The number of hydrogen-bond acceptors (Lipinski definition) is 7. The Morgan fingerprint density at radius 2 is 1.56 bits per heavy atom. The summed E-state index contributed by atoms with van der Waals surface area (Å²) in [6.07, 6.45) is 1.65. The Morgan fingerprint density at radius 1 is 0.855 bits per heavy atom. The van der Waals surface area contributed by atoms with Crippen LogP contribution in [0.5, 0.6) is 5.75 Å². The predicted molar refractivity (Wildman–Crippen MR) is 205 cm³/mol. The molecule has 280 valence electrons. The Hall–Kier alpha value is -5.65. The molecule has 0 radical (unpaired) electrons. The van der Waals surface area contributed by atoms with Gasteiger partial charge in [-0.15, -0.1) is 0 Å². The lowest BCUT2D eigenvalue weighted by molar-refractivity contribution is -0.199. The van der Waals surface area contributed by atoms with Gasteiger partial charge in [-0.25, -0.2) is 4.85 Å². The van der Waals surface area contributed by atoms with Crippen LogP contribution >= 0.6 is 11.6 Å². The maximum absolute atomic E-state index is 13.8. The second-order valence-corrected chi connectivity index (χ2v) is 16.7. The number of ether oxygens (including phenoxy) is 1. The molecule has 2 saturated heterocycles. The van der Waals surface area contributed by atoms with Crippen molar-refractivity contribution in [3.63, 3.8) is 0 Å². The highest BCUT2D eigenvalue weighted by Crippen LogP contribution is 2.59. The fraction of sp³-hybridized carbons (Fsp3) is 0.395. The highest BCUT2D eigenvalue weighted by Gasteiger charge is 2.67. The van der Waals surface area contributed by atoms with Crippen molar-refractivity contribution in [2.24, 2.45) is 16.7 Å². The molecule has 5 aliphatic rings. The van der Waals surface area contributed by atoms with Crippen molar-refractivity contribution in [2.45, 2.75) is 78.1 Å². The molecule has 0 aromatic heterocycles. The number of nitrogens with one attached hydrogen (secondary N) is 1. The van der Waals surface area contributed by atoms with Crippen LogP contribution in [0.2, 0.25) is 5.02 Å². The number of piperidine rings is 2. The Balaban J connectivity index is 0.896. The molecule has 8 rings (SSSR count). The molecular formula is C43H40ClN5O6. The minimum absolute atomic E-state index is 0.0113. The number of rotatable bonds is 5. The van der Waals surface area contributed by atoms with Crippen molar-refractivity contribution in [2.75, 3.05) is 18.0 Å². The van der Waals surface area contributed by atoms with Crippen molar-refractivity contribution >= 4 is 52.5 Å². The maximum atomic E-state index is 13.8. The molecule has 5 amide bonds. The lowest BCUT2D eigenvalue weighted by Crippen LogP contribution is -2.74. The first-order chi connectivity index (χ1) is 26.2. The van der Waals surface area contributed by atoms with Gasteiger partial charge >= 0.3 is 0 Å². The molecule has 12 heteroatoms. The van der Waals surface area contributed by atoms with Gasteiger partial charge in [-0.1, -0.05) is 57.2 Å². The van der Waals surface area contributed by atoms with Crippen LogP contribution in [0.25, 0.3) is 4.85 Å². The van der Waals surface area contributed by atoms with Crippen molar-refractivity contribution in [3.05, 3.63) is 98.9 Å². The second kappa shape index (κ2) is 13.3. The highest BCUT2D eigenvalue weighted by atomic mass is 35.5. The average molecular weight is 758 g/mol. The lowest BCUT2D eigenvalue weighted by Gasteiger charge is -2.65. The zero-order valence-corrected chi connectivity index (χ0v) is 31.8. The number of benzene rings is 3. The minimum atomic E-state index is -0.994. The van der Waals surface area contributed by atoms with Crippen molar-refractivity contribution in [1.29, 1.82) is 0 Å². The van der Waals surface area contributed by atoms with Crippen LogP contribution in [0.1, 0.15) is 95.6 Å². The SMILES string of the molecule is [C-]#[N+]c1ccc(OC2C(C)(C)C(N3Cc4cc(C#CC5CCN(c6ccc7c(c6)C(=O)N(C6CCC(=O)NC6=O)C7=O)CC5)ccc4C3=O)C2(C)C)cc1Cl. The third kappa shape index (κ3) is 6.02. The van der Waals surface area contributed by atoms with E-state index in [1.165, 1.54) is 0 Å². The summed E-state index contributed by atoms with van der Waals surface area (Å²) in [6.45, 7) is 17.7. The van der Waals surface area contributed by atoms with E-state index in [0.29, 0.717) is 28.6 Å². The monoisotopic (exact) mass is 757 g/mol. The Kier molecular flexibility index (Phi) is 8.77. The van der Waals surface area contributed by atoms with Gasteiger partial charge in [0.25, 0.3) is 17.7 Å². The quantitative estimate of drug-likeness (QED) is 0.182. The third-order valence-corrected chi connectivity index (χ3v) is 12.3. The van der Waals surface area contributed by atoms with Gasteiger partial charge in [-0.2, -0.15) is 0 Å². The molecular weight excluding hydrogens is 718 g/mol. The van der Waals surface area contributed by atoms with Crippen LogP contribution in [-0.2, 0) is 16.1 Å². The topological polar surface area (TPSA) is 121 Å². The number of halogens is 1. The molecule has 4 aliphatic heterocycles. The van der Waals surface area contributed by atoms with Gasteiger partial charge in [0, 0.05) is 65.7 Å². The summed E-state index contributed by atoms with van der Waals surface area (Å²) in [4.78, 5) is 72.9. The largest absolute Gasteiger partial charge is 0.489 e. The summed E-state index contributed by atoms with van der Waals surface area (Å²) in [7, 11) is 0. The molecule has 1 atom stereocenters. The van der Waals surface area contributed by atoms with Gasteiger partial charge in [0.1, 0.15) is 17.9 Å². The molecule has 3 aromatic carbocycles. The number of nitrogens with zero attached hydrogens (tertiary/aromatic N) is 4. The van der Waals surface area contributed by atoms with Crippen molar-refractivity contribution in [1.82, 2.24) is 15.1 Å². The number of hydrogen-bond donors (Lipinski definition) is 1. The van der Waals surface area contributed by atoms with Crippen molar-refractivity contribution in [3.8, 4) is 17.6 Å². The molecule has 0 spiro atoms. The van der Waals surface area contributed by atoms with Gasteiger partial charge in [-0.05, 0) is 73.4 Å². The maximum Gasteiger partial charge on any atom is 0.262 e. The summed E-state index contributed by atoms with van der Waals surface area (Å²) in [6, 6.07) is 15.1. The number of fused-ring (bicyclic) bond motifs is 2. The first-order valence-corrected chi connectivity index (χ1v) is 19.0. The molecule has 1 unspecified atom stereocenters. The molecule has 1 aliphatic carbocycles. The molecule has 1 saturated carbocycles. The summed E-state index contributed by atoms with van der Waals surface area (Å²) in [5.41, 5.74) is 3.57. The fourth-order valence-electron chi connectivity index (χ4n) is 9.76. The number of amides is 5. The van der Waals surface area contributed by atoms with Crippen LogP contribution in [0.15, 0.2) is 54.6 Å². The smallest absolute Gasteiger partial charge is 0.262 e. The zero-order chi connectivity index (χ0) is 39.0. The predicted octanol–water partition coefficient (Wildman–Crippen LogP) is 6.40. The van der Waals surface area contributed by atoms with E-state index < -0.39 is 29.7 Å². The molecule has 3 fully saturated rings. The van der Waals surface area contributed by atoms with Crippen LogP contribution in [-0.4, -0.2) is 70.6 Å². The Labute approximate surface area is 324 Å². The van der Waals surface area contributed by atoms with Gasteiger partial charge < -0.3 is 14.5 Å². The summed E-state index contributed by atoms with van der Waals surface area (Å²) in [5.74, 6) is 5.54. The first-order valence-electron chi connectivity index (χ1n) is 18.6. The summed E-state index contributed by atoms with van der Waals surface area (Å²) >= 11 is 6.29. The molecule has 11 nitrogen and oxygen atoms in total. The zero-order valence-electron chi connectivity index (χ0n) is 31.1. The van der Waals surface area contributed by atoms with E-state index in [1.807, 2.05) is 29.2 Å². The van der Waals surface area contributed by atoms with E-state index >= 15 is 0 Å². The van der Waals surface area contributed by atoms with E-state index in [0.717, 1.165) is 47.6 Å². The van der Waals surface area contributed by atoms with Crippen LogP contribution < -0.4 is 15.0 Å². The first kappa shape index (κ1) is 36.3. The summed E-state index contributed by atoms with van der Waals surface area (Å²) < 4.78 is 6.47. The molecule has 1 N–H and O–H groups in total. The minimum Gasteiger partial charge on any atom is -0.489 e. The number of imide groups is 2. The number of carbonyl (C=O) groups excluding carboxylic acids is 5. The van der Waals surface area contributed by atoms with Gasteiger partial charge in [0.05, 0.1) is 22.7 Å². The van der Waals surface area contributed by atoms with Crippen LogP contribution in [0.4, 0.5) is 11.4 Å². The normalized spacial score (nSPS) is 24.0. The average Bonchev–Trinajstić information content (AvgIpc) is 3.59. The second-order valence-electron chi connectivity index (χ2n) is 16.3. The highest BCUT2D eigenvalue weighted by molar-refractivity contribution is 6.33. The molecule has 55 heavy (non-hydrogen) atoms. The van der Waals surface area contributed by atoms with E-state index in [9.17, 15) is 24.0 Å². The molecule has 0 bridgehead atoms. The van der Waals surface area contributed by atoms with Gasteiger partial charge in [-0.3, -0.25) is 34.2 Å². The van der Waals surface area contributed by atoms with Gasteiger partial charge in [0.15, 0.2) is 0 Å². The fourth-order valence-corrected chi connectivity index (χ4v) is 9.97. The van der Waals surface area contributed by atoms with E-state index in [1.54, 1.807) is 30.3 Å². The van der Waals surface area contributed by atoms with Crippen LogP contribution in [0, 0.1) is 35.2 Å². The van der Waals surface area contributed by atoms with Crippen molar-refractivity contribution < 1.29 is 28.7 Å². The van der Waals surface area contributed by atoms with E-state index in [-0.39, 0.29) is 58.8 Å². The number of carbonyl (C=O) groups is 5. The lowest BCUT2D eigenvalue weighted by atomic mass is 9.49. The number of anilines is 1. The van der Waals surface area contributed by atoms with E-state index in [4.69, 9.17) is 22.9 Å². The molecule has 3 aromatic rings. The third-order valence-electron chi connectivity index (χ3n) is 12.0. The Bertz CT molecular complexity index is 2290.